The van der Waals surface area contributed by atoms with Gasteiger partial charge in [-0.15, -0.1) is 10.2 Å². The van der Waals surface area contributed by atoms with Gasteiger partial charge in [-0.05, 0) is 61.7 Å². The van der Waals surface area contributed by atoms with Crippen molar-refractivity contribution in [2.45, 2.75) is 32.2 Å². The number of hydrogen-bond acceptors (Lipinski definition) is 7. The zero-order chi connectivity index (χ0) is 24.8. The second-order valence-corrected chi connectivity index (χ2v) is 8.88. The van der Waals surface area contributed by atoms with E-state index in [4.69, 9.17) is 4.74 Å². The zero-order valence-corrected chi connectivity index (χ0v) is 19.8. The lowest BCUT2D eigenvalue weighted by Gasteiger charge is -2.23. The van der Waals surface area contributed by atoms with Gasteiger partial charge in [-0.2, -0.15) is 0 Å². The Bertz CT molecular complexity index is 1200. The number of likely N-dealkylation sites (tertiary alicyclic amines) is 1. The van der Waals surface area contributed by atoms with E-state index in [-0.39, 0.29) is 29.5 Å². The zero-order valence-electron chi connectivity index (χ0n) is 19.0. The molecule has 1 aliphatic heterocycles. The number of carbonyl (C=O) groups is 3. The molecule has 3 aromatic rings. The number of nitrogens with one attached hydrogen (secondary N) is 2. The van der Waals surface area contributed by atoms with E-state index in [1.54, 1.807) is 36.1 Å². The molecule has 1 fully saturated rings. The van der Waals surface area contributed by atoms with Crippen LogP contribution in [0.3, 0.4) is 0 Å². The molecule has 0 saturated carbocycles. The van der Waals surface area contributed by atoms with Crippen molar-refractivity contribution in [1.29, 1.82) is 0 Å². The van der Waals surface area contributed by atoms with Gasteiger partial charge >= 0.3 is 12.0 Å². The molecule has 2 N–H and O–H groups in total. The molecule has 1 aliphatic rings. The Morgan fingerprint density at radius 1 is 1.06 bits per heavy atom. The van der Waals surface area contributed by atoms with Gasteiger partial charge in [-0.3, -0.25) is 9.59 Å². The molecular formula is C24H24FN5O4S. The number of aromatic nitrogens is 2. The van der Waals surface area contributed by atoms with Gasteiger partial charge in [0.1, 0.15) is 10.8 Å². The molecule has 0 bridgehead atoms. The van der Waals surface area contributed by atoms with Crippen molar-refractivity contribution in [2.24, 2.45) is 0 Å². The second-order valence-electron chi connectivity index (χ2n) is 7.87. The summed E-state index contributed by atoms with van der Waals surface area (Å²) in [6.07, 6.45) is 1.68. The van der Waals surface area contributed by atoms with E-state index >= 15 is 0 Å². The highest BCUT2D eigenvalue weighted by Crippen LogP contribution is 2.34. The molecule has 0 spiro atoms. The minimum atomic E-state index is -0.447. The fourth-order valence-corrected chi connectivity index (χ4v) is 4.61. The highest BCUT2D eigenvalue weighted by Gasteiger charge is 2.33. The van der Waals surface area contributed by atoms with Crippen LogP contribution in [0.15, 0.2) is 48.5 Å². The van der Waals surface area contributed by atoms with Crippen molar-refractivity contribution in [3.05, 3.63) is 69.9 Å². The number of nitrogens with zero attached hydrogens (tertiary/aromatic N) is 3. The molecule has 35 heavy (non-hydrogen) atoms. The quantitative estimate of drug-likeness (QED) is 0.468. The van der Waals surface area contributed by atoms with E-state index in [9.17, 15) is 18.8 Å². The van der Waals surface area contributed by atoms with Crippen molar-refractivity contribution in [3.8, 4) is 0 Å². The molecule has 11 heteroatoms. The normalized spacial score (nSPS) is 15.0. The topological polar surface area (TPSA) is 114 Å². The van der Waals surface area contributed by atoms with Gasteiger partial charge in [0.15, 0.2) is 0 Å². The maximum atomic E-state index is 13.1. The highest BCUT2D eigenvalue weighted by molar-refractivity contribution is 7.13. The molecule has 1 aromatic heterocycles. The molecule has 2 heterocycles. The SMILES string of the molecule is CCOC(=O)Cc1ccc(NC(=O)N2CCC[C@@H]2c2nnc(C(=O)Nc3ccc(F)cc3)s2)cc1. The van der Waals surface area contributed by atoms with Gasteiger partial charge in [-0.1, -0.05) is 23.5 Å². The Morgan fingerprint density at radius 2 is 1.74 bits per heavy atom. The third-order valence-corrected chi connectivity index (χ3v) is 6.42. The Labute approximate surface area is 205 Å². The molecule has 3 amide bonds. The fraction of sp³-hybridized carbons (Fsp3) is 0.292. The highest BCUT2D eigenvalue weighted by atomic mass is 32.1. The van der Waals surface area contributed by atoms with Gasteiger partial charge in [0.25, 0.3) is 5.91 Å². The van der Waals surface area contributed by atoms with Crippen LogP contribution in [0.25, 0.3) is 0 Å². The summed E-state index contributed by atoms with van der Waals surface area (Å²) in [7, 11) is 0. The van der Waals surface area contributed by atoms with E-state index in [2.05, 4.69) is 20.8 Å². The molecule has 2 aromatic carbocycles. The van der Waals surface area contributed by atoms with Crippen molar-refractivity contribution in [2.75, 3.05) is 23.8 Å². The molecular weight excluding hydrogens is 473 g/mol. The monoisotopic (exact) mass is 497 g/mol. The number of halogens is 1. The summed E-state index contributed by atoms with van der Waals surface area (Å²) < 4.78 is 18.0. The van der Waals surface area contributed by atoms with E-state index in [0.29, 0.717) is 36.0 Å². The van der Waals surface area contributed by atoms with Gasteiger partial charge in [0, 0.05) is 17.9 Å². The van der Waals surface area contributed by atoms with Gasteiger partial charge in [0.2, 0.25) is 5.01 Å². The number of rotatable bonds is 7. The van der Waals surface area contributed by atoms with E-state index in [1.165, 1.54) is 24.3 Å². The number of benzene rings is 2. The van der Waals surface area contributed by atoms with Crippen LogP contribution in [0.5, 0.6) is 0 Å². The van der Waals surface area contributed by atoms with Crippen molar-refractivity contribution in [3.63, 3.8) is 0 Å². The Hall–Kier alpha value is -3.86. The smallest absolute Gasteiger partial charge is 0.322 e. The summed E-state index contributed by atoms with van der Waals surface area (Å²) in [5.41, 5.74) is 1.84. The molecule has 9 nitrogen and oxygen atoms in total. The average molecular weight is 498 g/mol. The summed E-state index contributed by atoms with van der Waals surface area (Å²) in [5, 5.41) is 14.4. The van der Waals surface area contributed by atoms with E-state index in [1.807, 2.05) is 0 Å². The molecule has 4 rings (SSSR count). The number of hydrogen-bond donors (Lipinski definition) is 2. The van der Waals surface area contributed by atoms with Crippen LogP contribution in [-0.4, -0.2) is 46.2 Å². The van der Waals surface area contributed by atoms with Crippen LogP contribution < -0.4 is 10.6 Å². The number of amides is 3. The summed E-state index contributed by atoms with van der Waals surface area (Å²) in [6.45, 7) is 2.64. The molecule has 182 valence electrons. The van der Waals surface area contributed by atoms with E-state index in [0.717, 1.165) is 23.3 Å². The Balaban J connectivity index is 1.37. The average Bonchev–Trinajstić information content (AvgIpc) is 3.52. The molecule has 1 atom stereocenters. The lowest BCUT2D eigenvalue weighted by atomic mass is 10.1. The number of carbonyl (C=O) groups excluding carboxylic acids is 3. The van der Waals surface area contributed by atoms with Crippen molar-refractivity contribution < 1.29 is 23.5 Å². The number of ether oxygens (including phenoxy) is 1. The fourth-order valence-electron chi connectivity index (χ4n) is 3.73. The second kappa shape index (κ2) is 11.0. The first-order chi connectivity index (χ1) is 16.9. The summed E-state index contributed by atoms with van der Waals surface area (Å²) in [5.74, 6) is -1.14. The summed E-state index contributed by atoms with van der Waals surface area (Å²) in [6, 6.07) is 11.9. The first-order valence-corrected chi connectivity index (χ1v) is 12.0. The molecule has 1 saturated heterocycles. The maximum Gasteiger partial charge on any atom is 0.322 e. The largest absolute Gasteiger partial charge is 0.466 e. The van der Waals surface area contributed by atoms with Crippen LogP contribution >= 0.6 is 11.3 Å². The summed E-state index contributed by atoms with van der Waals surface area (Å²) in [4.78, 5) is 38.7. The van der Waals surface area contributed by atoms with Crippen molar-refractivity contribution in [1.82, 2.24) is 15.1 Å². The van der Waals surface area contributed by atoms with Crippen LogP contribution in [0, 0.1) is 5.82 Å². The van der Waals surface area contributed by atoms with Crippen LogP contribution in [0.2, 0.25) is 0 Å². The first kappa shape index (κ1) is 24.3. The maximum absolute atomic E-state index is 13.1. The first-order valence-electron chi connectivity index (χ1n) is 11.2. The van der Waals surface area contributed by atoms with Gasteiger partial charge in [0.05, 0.1) is 19.1 Å². The Morgan fingerprint density at radius 3 is 2.46 bits per heavy atom. The van der Waals surface area contributed by atoms with Gasteiger partial charge < -0.3 is 20.3 Å². The van der Waals surface area contributed by atoms with Crippen LogP contribution in [-0.2, 0) is 16.0 Å². The number of esters is 1. The third kappa shape index (κ3) is 6.18. The minimum Gasteiger partial charge on any atom is -0.466 e. The van der Waals surface area contributed by atoms with Crippen molar-refractivity contribution >= 4 is 40.6 Å². The van der Waals surface area contributed by atoms with Crippen LogP contribution in [0.4, 0.5) is 20.6 Å². The van der Waals surface area contributed by atoms with E-state index < -0.39 is 11.7 Å². The third-order valence-electron chi connectivity index (χ3n) is 5.39. The molecule has 0 radical (unpaired) electrons. The number of urea groups is 1. The predicted octanol–water partition coefficient (Wildman–Crippen LogP) is 4.40. The lowest BCUT2D eigenvalue weighted by Crippen LogP contribution is -2.34. The predicted molar refractivity (Wildman–Crippen MR) is 129 cm³/mol. The lowest BCUT2D eigenvalue weighted by molar-refractivity contribution is -0.142. The summed E-state index contributed by atoms with van der Waals surface area (Å²) >= 11 is 1.13. The number of anilines is 2. The molecule has 0 aliphatic carbocycles. The minimum absolute atomic E-state index is 0.161. The molecule has 0 unspecified atom stereocenters. The van der Waals surface area contributed by atoms with Gasteiger partial charge in [-0.25, -0.2) is 9.18 Å². The van der Waals surface area contributed by atoms with Crippen LogP contribution in [0.1, 0.15) is 46.2 Å². The Kier molecular flexibility index (Phi) is 7.66. The standard InChI is InChI=1S/C24H24FN5O4S/c1-2-34-20(31)14-15-5-9-18(10-6-15)27-24(33)30-13-3-4-19(30)22-28-29-23(35-22)21(32)26-17-11-7-16(25)8-12-17/h5-12,19H,2-4,13-14H2,1H3,(H,26,32)(H,27,33)/t19-/m1/s1.